The van der Waals surface area contributed by atoms with Gasteiger partial charge in [0.2, 0.25) is 0 Å². The quantitative estimate of drug-likeness (QED) is 0.498. The van der Waals surface area contributed by atoms with E-state index < -0.39 is 16.1 Å². The number of imide groups is 1. The van der Waals surface area contributed by atoms with E-state index in [1.807, 2.05) is 31.2 Å². The molecule has 1 N–H and O–H groups in total. The van der Waals surface area contributed by atoms with Gasteiger partial charge in [-0.2, -0.15) is 0 Å². The Morgan fingerprint density at radius 1 is 1.23 bits per heavy atom. The van der Waals surface area contributed by atoms with Gasteiger partial charge in [0.25, 0.3) is 16.8 Å². The third kappa shape index (κ3) is 3.60. The van der Waals surface area contributed by atoms with Crippen LogP contribution in [0.5, 0.6) is 5.75 Å². The number of carbonyl (C=O) groups is 2. The van der Waals surface area contributed by atoms with Crippen LogP contribution in [0, 0.1) is 17.0 Å². The fraction of sp³-hybridized carbons (Fsp3) is 0.111. The second kappa shape index (κ2) is 7.01. The number of rotatable bonds is 4. The van der Waals surface area contributed by atoms with Crippen molar-refractivity contribution >= 4 is 34.7 Å². The Morgan fingerprint density at radius 3 is 2.69 bits per heavy atom. The van der Waals surface area contributed by atoms with Crippen LogP contribution in [-0.4, -0.2) is 26.1 Å². The van der Waals surface area contributed by atoms with E-state index in [9.17, 15) is 24.8 Å². The molecular formula is C18H14N2O5S. The molecule has 3 rings (SSSR count). The van der Waals surface area contributed by atoms with Gasteiger partial charge in [0.1, 0.15) is 5.75 Å². The van der Waals surface area contributed by atoms with Crippen LogP contribution in [0.3, 0.4) is 0 Å². The fourth-order valence-electron chi connectivity index (χ4n) is 2.54. The molecule has 0 radical (unpaired) electrons. The van der Waals surface area contributed by atoms with Crippen LogP contribution in [0.2, 0.25) is 0 Å². The molecule has 0 aliphatic carbocycles. The predicted octanol–water partition coefficient (Wildman–Crippen LogP) is 3.85. The lowest BCUT2D eigenvalue weighted by molar-refractivity contribution is -0.384. The molecule has 0 bridgehead atoms. The van der Waals surface area contributed by atoms with Crippen LogP contribution in [0.15, 0.2) is 47.4 Å². The Balaban J connectivity index is 1.88. The summed E-state index contributed by atoms with van der Waals surface area (Å²) in [5, 5.41) is 20.3. The number of nitro benzene ring substituents is 1. The summed E-state index contributed by atoms with van der Waals surface area (Å²) in [7, 11) is 0. The zero-order chi connectivity index (χ0) is 18.8. The maximum atomic E-state index is 12.5. The van der Waals surface area contributed by atoms with Crippen molar-refractivity contribution in [2.45, 2.75) is 13.5 Å². The molecule has 0 aromatic heterocycles. The Bertz CT molecular complexity index is 954. The average Bonchev–Trinajstić information content (AvgIpc) is 2.84. The Morgan fingerprint density at radius 2 is 2.00 bits per heavy atom. The van der Waals surface area contributed by atoms with Crippen molar-refractivity contribution in [1.29, 1.82) is 0 Å². The summed E-state index contributed by atoms with van der Waals surface area (Å²) in [6, 6.07) is 11.0. The van der Waals surface area contributed by atoms with E-state index in [1.54, 1.807) is 0 Å². The molecule has 1 aliphatic rings. The van der Waals surface area contributed by atoms with Crippen LogP contribution in [0.1, 0.15) is 16.7 Å². The largest absolute Gasteiger partial charge is 0.507 e. The second-order valence-corrected chi connectivity index (χ2v) is 6.75. The maximum absolute atomic E-state index is 12.5. The topological polar surface area (TPSA) is 101 Å². The summed E-state index contributed by atoms with van der Waals surface area (Å²) in [6.07, 6.45) is 1.30. The monoisotopic (exact) mass is 370 g/mol. The SMILES string of the molecule is Cc1cccc(CN2C(=O)S/C(=C\c3cc([N+](=O)[O-])ccc3O)C2=O)c1. The van der Waals surface area contributed by atoms with Crippen molar-refractivity contribution < 1.29 is 19.6 Å². The van der Waals surface area contributed by atoms with Crippen molar-refractivity contribution in [2.75, 3.05) is 0 Å². The predicted molar refractivity (Wildman–Crippen MR) is 97.5 cm³/mol. The highest BCUT2D eigenvalue weighted by atomic mass is 32.2. The highest BCUT2D eigenvalue weighted by molar-refractivity contribution is 8.18. The van der Waals surface area contributed by atoms with E-state index in [2.05, 4.69) is 0 Å². The first-order valence-corrected chi connectivity index (χ1v) is 8.45. The smallest absolute Gasteiger partial charge is 0.293 e. The molecule has 1 aliphatic heterocycles. The average molecular weight is 370 g/mol. The fourth-order valence-corrected chi connectivity index (χ4v) is 3.37. The summed E-state index contributed by atoms with van der Waals surface area (Å²) >= 11 is 0.741. The first kappa shape index (κ1) is 17.7. The van der Waals surface area contributed by atoms with Gasteiger partial charge in [-0.3, -0.25) is 24.6 Å². The van der Waals surface area contributed by atoms with Gasteiger partial charge in [-0.25, -0.2) is 0 Å². The Hall–Kier alpha value is -3.13. The van der Waals surface area contributed by atoms with Gasteiger partial charge < -0.3 is 5.11 Å². The first-order chi connectivity index (χ1) is 12.3. The van der Waals surface area contributed by atoms with Crippen LogP contribution in [-0.2, 0) is 11.3 Å². The van der Waals surface area contributed by atoms with Gasteiger partial charge in [0, 0.05) is 17.7 Å². The van der Waals surface area contributed by atoms with E-state index in [0.29, 0.717) is 0 Å². The molecule has 0 saturated carbocycles. The molecule has 132 valence electrons. The molecule has 2 amide bonds. The van der Waals surface area contributed by atoms with Crippen LogP contribution < -0.4 is 0 Å². The molecular weight excluding hydrogens is 356 g/mol. The van der Waals surface area contributed by atoms with Crippen molar-refractivity contribution in [1.82, 2.24) is 4.90 Å². The summed E-state index contributed by atoms with van der Waals surface area (Å²) in [4.78, 5) is 36.2. The number of aromatic hydroxyl groups is 1. The van der Waals surface area contributed by atoms with Gasteiger partial charge in [-0.1, -0.05) is 29.8 Å². The van der Waals surface area contributed by atoms with E-state index in [4.69, 9.17) is 0 Å². The number of benzene rings is 2. The van der Waals surface area contributed by atoms with Gasteiger partial charge in [0.15, 0.2) is 0 Å². The number of nitro groups is 1. The summed E-state index contributed by atoms with van der Waals surface area (Å²) in [6.45, 7) is 2.06. The minimum atomic E-state index is -0.597. The number of nitrogens with zero attached hydrogens (tertiary/aromatic N) is 2. The number of hydrogen-bond donors (Lipinski definition) is 1. The highest BCUT2D eigenvalue weighted by Gasteiger charge is 2.35. The molecule has 0 spiro atoms. The number of phenolic OH excluding ortho intramolecular Hbond substituents is 1. The normalized spacial score (nSPS) is 15.7. The molecule has 26 heavy (non-hydrogen) atoms. The zero-order valence-electron chi connectivity index (χ0n) is 13.7. The Labute approximate surface area is 153 Å². The molecule has 2 aromatic carbocycles. The molecule has 1 fully saturated rings. The minimum Gasteiger partial charge on any atom is -0.507 e. The summed E-state index contributed by atoms with van der Waals surface area (Å²) < 4.78 is 0. The van der Waals surface area contributed by atoms with Crippen molar-refractivity contribution in [2.24, 2.45) is 0 Å². The van der Waals surface area contributed by atoms with Gasteiger partial charge in [-0.15, -0.1) is 0 Å². The van der Waals surface area contributed by atoms with E-state index in [1.165, 1.54) is 12.1 Å². The second-order valence-electron chi connectivity index (χ2n) is 5.76. The van der Waals surface area contributed by atoms with E-state index in [0.717, 1.165) is 39.9 Å². The third-order valence-corrected chi connectivity index (χ3v) is 4.71. The number of amides is 2. The van der Waals surface area contributed by atoms with Crippen molar-refractivity contribution in [3.8, 4) is 5.75 Å². The zero-order valence-corrected chi connectivity index (χ0v) is 14.5. The standard InChI is InChI=1S/C18H14N2O5S/c1-11-3-2-4-12(7-11)10-19-17(22)16(26-18(19)23)9-13-8-14(20(24)25)5-6-15(13)21/h2-9,21H,10H2,1H3/b16-9-. The molecule has 7 nitrogen and oxygen atoms in total. The third-order valence-electron chi connectivity index (χ3n) is 3.81. The number of carbonyl (C=O) groups excluding carboxylic acids is 2. The van der Waals surface area contributed by atoms with Gasteiger partial charge >= 0.3 is 0 Å². The highest BCUT2D eigenvalue weighted by Crippen LogP contribution is 2.35. The van der Waals surface area contributed by atoms with Crippen LogP contribution in [0.4, 0.5) is 10.5 Å². The number of hydrogen-bond acceptors (Lipinski definition) is 6. The van der Waals surface area contributed by atoms with Crippen LogP contribution >= 0.6 is 11.8 Å². The maximum Gasteiger partial charge on any atom is 0.293 e. The number of phenols is 1. The lowest BCUT2D eigenvalue weighted by atomic mass is 10.1. The number of aryl methyl sites for hydroxylation is 1. The van der Waals surface area contributed by atoms with E-state index in [-0.39, 0.29) is 28.5 Å². The lowest BCUT2D eigenvalue weighted by Crippen LogP contribution is -2.27. The molecule has 8 heteroatoms. The summed E-state index contributed by atoms with van der Waals surface area (Å²) in [5.41, 5.74) is 1.74. The molecule has 2 aromatic rings. The number of non-ortho nitro benzene ring substituents is 1. The molecule has 0 atom stereocenters. The molecule has 1 heterocycles. The lowest BCUT2D eigenvalue weighted by Gasteiger charge is -2.12. The minimum absolute atomic E-state index is 0.110. The summed E-state index contributed by atoms with van der Waals surface area (Å²) in [5.74, 6) is -0.700. The molecule has 0 unspecified atom stereocenters. The van der Waals surface area contributed by atoms with E-state index >= 15 is 0 Å². The first-order valence-electron chi connectivity index (χ1n) is 7.63. The van der Waals surface area contributed by atoms with Crippen molar-refractivity contribution in [3.63, 3.8) is 0 Å². The van der Waals surface area contributed by atoms with Crippen LogP contribution in [0.25, 0.3) is 6.08 Å². The van der Waals surface area contributed by atoms with Gasteiger partial charge in [0.05, 0.1) is 16.4 Å². The Kier molecular flexibility index (Phi) is 4.77. The molecule has 1 saturated heterocycles. The van der Waals surface area contributed by atoms with Gasteiger partial charge in [-0.05, 0) is 36.4 Å². The van der Waals surface area contributed by atoms with Crippen molar-refractivity contribution in [3.05, 3.63) is 74.2 Å². The number of thioether (sulfide) groups is 1.